The summed E-state index contributed by atoms with van der Waals surface area (Å²) >= 11 is 1.62. The van der Waals surface area contributed by atoms with Crippen LogP contribution in [0.25, 0.3) is 11.3 Å². The fraction of sp³-hybridized carbons (Fsp3) is 0.556. The second kappa shape index (κ2) is 6.55. The van der Waals surface area contributed by atoms with Crippen LogP contribution in [0.5, 0.6) is 0 Å². The topological polar surface area (TPSA) is 67.5 Å². The molecule has 1 saturated carbocycles. The van der Waals surface area contributed by atoms with E-state index in [1.165, 1.54) is 0 Å². The van der Waals surface area contributed by atoms with Gasteiger partial charge in [-0.25, -0.2) is 0 Å². The molecule has 0 radical (unpaired) electrons. The van der Waals surface area contributed by atoms with Crippen molar-refractivity contribution in [1.29, 1.82) is 0 Å². The first-order valence-electron chi connectivity index (χ1n) is 8.64. The largest absolute Gasteiger partial charge is 0.381 e. The number of H-pyrrole nitrogens is 1. The highest BCUT2D eigenvalue weighted by Gasteiger charge is 2.52. The number of hydrogen-bond acceptors (Lipinski definition) is 5. The standard InChI is InChI=1S/C18H23N3O3S/c1-23-13-3-5-18(24-2)6-7-21(16(18)9-13)17(22)15-10-14(19-20-15)12-4-8-25-11-12/h4,8,10-11,13,16H,3,5-7,9H2,1-2H3,(H,19,20). The molecule has 134 valence electrons. The van der Waals surface area contributed by atoms with Crippen LogP contribution < -0.4 is 0 Å². The first-order chi connectivity index (χ1) is 12.2. The fourth-order valence-electron chi connectivity index (χ4n) is 4.26. The normalized spacial score (nSPS) is 29.0. The van der Waals surface area contributed by atoms with Gasteiger partial charge in [0.25, 0.3) is 5.91 Å². The maximum absolute atomic E-state index is 13.1. The summed E-state index contributed by atoms with van der Waals surface area (Å²) in [4.78, 5) is 15.0. The van der Waals surface area contributed by atoms with Crippen molar-refractivity contribution < 1.29 is 14.3 Å². The van der Waals surface area contributed by atoms with Gasteiger partial charge in [-0.1, -0.05) is 0 Å². The lowest BCUT2D eigenvalue weighted by atomic mass is 9.79. The van der Waals surface area contributed by atoms with Crippen molar-refractivity contribution in [2.45, 2.75) is 43.4 Å². The molecule has 0 bridgehead atoms. The van der Waals surface area contributed by atoms with Crippen LogP contribution in [0.15, 0.2) is 22.9 Å². The number of carbonyl (C=O) groups excluding carboxylic acids is 1. The first-order valence-corrected chi connectivity index (χ1v) is 9.58. The molecule has 2 aromatic rings. The Morgan fingerprint density at radius 1 is 1.44 bits per heavy atom. The van der Waals surface area contributed by atoms with Gasteiger partial charge in [-0.15, -0.1) is 0 Å². The number of likely N-dealkylation sites (tertiary alicyclic amines) is 1. The summed E-state index contributed by atoms with van der Waals surface area (Å²) in [7, 11) is 3.51. The molecule has 2 aromatic heterocycles. The Morgan fingerprint density at radius 2 is 2.32 bits per heavy atom. The van der Waals surface area contributed by atoms with Gasteiger partial charge >= 0.3 is 0 Å². The van der Waals surface area contributed by atoms with Gasteiger partial charge in [0.15, 0.2) is 0 Å². The Kier molecular flexibility index (Phi) is 4.39. The van der Waals surface area contributed by atoms with Crippen molar-refractivity contribution in [3.8, 4) is 11.3 Å². The summed E-state index contributed by atoms with van der Waals surface area (Å²) in [5.41, 5.74) is 2.14. The lowest BCUT2D eigenvalue weighted by Gasteiger charge is -2.43. The van der Waals surface area contributed by atoms with E-state index in [-0.39, 0.29) is 23.7 Å². The number of nitrogens with zero attached hydrogens (tertiary/aromatic N) is 2. The SMILES string of the molecule is COC1CCC2(OC)CCN(C(=O)c3cc(-c4ccsc4)n[nH]3)C2C1. The predicted octanol–water partition coefficient (Wildman–Crippen LogP) is 2.94. The monoisotopic (exact) mass is 361 g/mol. The summed E-state index contributed by atoms with van der Waals surface area (Å²) in [5, 5.41) is 11.2. The Labute approximate surface area is 151 Å². The van der Waals surface area contributed by atoms with Crippen molar-refractivity contribution in [1.82, 2.24) is 15.1 Å². The minimum Gasteiger partial charge on any atom is -0.381 e. The molecule has 1 aliphatic heterocycles. The van der Waals surface area contributed by atoms with E-state index in [9.17, 15) is 4.79 Å². The number of aromatic amines is 1. The minimum absolute atomic E-state index is 0.00495. The molecule has 1 saturated heterocycles. The van der Waals surface area contributed by atoms with E-state index in [0.29, 0.717) is 12.2 Å². The average molecular weight is 361 g/mol. The number of fused-ring (bicyclic) bond motifs is 1. The maximum Gasteiger partial charge on any atom is 0.272 e. The second-order valence-electron chi connectivity index (χ2n) is 6.84. The Hall–Kier alpha value is -1.70. The van der Waals surface area contributed by atoms with Crippen LogP contribution >= 0.6 is 11.3 Å². The molecule has 25 heavy (non-hydrogen) atoms. The lowest BCUT2D eigenvalue weighted by Crippen LogP contribution is -2.53. The number of nitrogens with one attached hydrogen (secondary N) is 1. The molecule has 1 N–H and O–H groups in total. The zero-order valence-electron chi connectivity index (χ0n) is 14.5. The van der Waals surface area contributed by atoms with Crippen molar-refractivity contribution in [2.24, 2.45) is 0 Å². The maximum atomic E-state index is 13.1. The zero-order chi connectivity index (χ0) is 17.4. The molecule has 6 nitrogen and oxygen atoms in total. The zero-order valence-corrected chi connectivity index (χ0v) is 15.3. The quantitative estimate of drug-likeness (QED) is 0.909. The van der Waals surface area contributed by atoms with Gasteiger partial charge in [0, 0.05) is 31.7 Å². The molecule has 4 rings (SSSR count). The highest BCUT2D eigenvalue weighted by Crippen LogP contribution is 2.43. The van der Waals surface area contributed by atoms with Gasteiger partial charge < -0.3 is 14.4 Å². The molecule has 1 amide bonds. The van der Waals surface area contributed by atoms with Crippen LogP contribution in [0, 0.1) is 0 Å². The number of carbonyl (C=O) groups is 1. The number of thiophene rings is 1. The highest BCUT2D eigenvalue weighted by atomic mass is 32.1. The molecule has 1 aliphatic carbocycles. The van der Waals surface area contributed by atoms with E-state index in [4.69, 9.17) is 9.47 Å². The number of hydrogen-bond donors (Lipinski definition) is 1. The van der Waals surface area contributed by atoms with E-state index in [1.807, 2.05) is 27.8 Å². The Balaban J connectivity index is 1.57. The average Bonchev–Trinajstić information content (AvgIpc) is 3.39. The number of amides is 1. The molecule has 2 aliphatic rings. The number of methoxy groups -OCH3 is 2. The third-order valence-electron chi connectivity index (χ3n) is 5.76. The molecule has 0 spiro atoms. The highest BCUT2D eigenvalue weighted by molar-refractivity contribution is 7.08. The molecule has 3 heterocycles. The van der Waals surface area contributed by atoms with Crippen LogP contribution in [0.1, 0.15) is 36.2 Å². The molecular formula is C18H23N3O3S. The number of rotatable bonds is 4. The summed E-state index contributed by atoms with van der Waals surface area (Å²) in [5.74, 6) is -0.00495. The second-order valence-corrected chi connectivity index (χ2v) is 7.62. The third kappa shape index (κ3) is 2.80. The van der Waals surface area contributed by atoms with Crippen molar-refractivity contribution in [3.05, 3.63) is 28.6 Å². The van der Waals surface area contributed by atoms with Crippen molar-refractivity contribution in [3.63, 3.8) is 0 Å². The summed E-state index contributed by atoms with van der Waals surface area (Å²) in [6, 6.07) is 3.90. The van der Waals surface area contributed by atoms with Gasteiger partial charge in [0.05, 0.1) is 23.4 Å². The van der Waals surface area contributed by atoms with Crippen molar-refractivity contribution >= 4 is 17.2 Å². The summed E-state index contributed by atoms with van der Waals surface area (Å²) < 4.78 is 11.5. The third-order valence-corrected chi connectivity index (χ3v) is 6.44. The minimum atomic E-state index is -0.235. The molecule has 3 unspecified atom stereocenters. The lowest BCUT2D eigenvalue weighted by molar-refractivity contribution is -0.0894. The van der Waals surface area contributed by atoms with Gasteiger partial charge in [0.2, 0.25) is 0 Å². The van der Waals surface area contributed by atoms with E-state index in [2.05, 4.69) is 10.2 Å². The van der Waals surface area contributed by atoms with Gasteiger partial charge in [0.1, 0.15) is 5.69 Å². The molecule has 3 atom stereocenters. The summed E-state index contributed by atoms with van der Waals surface area (Å²) in [6.45, 7) is 0.709. The van der Waals surface area contributed by atoms with E-state index in [1.54, 1.807) is 25.6 Å². The first kappa shape index (κ1) is 16.8. The van der Waals surface area contributed by atoms with Crippen LogP contribution in [0.4, 0.5) is 0 Å². The van der Waals surface area contributed by atoms with Crippen LogP contribution in [-0.2, 0) is 9.47 Å². The van der Waals surface area contributed by atoms with Crippen molar-refractivity contribution in [2.75, 3.05) is 20.8 Å². The van der Waals surface area contributed by atoms with Crippen LogP contribution in [-0.4, -0.2) is 59.5 Å². The molecule has 0 aromatic carbocycles. The van der Waals surface area contributed by atoms with E-state index >= 15 is 0 Å². The number of aromatic nitrogens is 2. The number of ether oxygens (including phenoxy) is 2. The van der Waals surface area contributed by atoms with Gasteiger partial charge in [-0.3, -0.25) is 9.89 Å². The van der Waals surface area contributed by atoms with Crippen LogP contribution in [0.3, 0.4) is 0 Å². The van der Waals surface area contributed by atoms with E-state index < -0.39 is 0 Å². The molecule has 7 heteroatoms. The van der Waals surface area contributed by atoms with Crippen LogP contribution in [0.2, 0.25) is 0 Å². The fourth-order valence-corrected chi connectivity index (χ4v) is 4.91. The predicted molar refractivity (Wildman–Crippen MR) is 95.7 cm³/mol. The Bertz CT molecular complexity index is 745. The smallest absolute Gasteiger partial charge is 0.272 e. The Morgan fingerprint density at radius 3 is 3.04 bits per heavy atom. The molecular weight excluding hydrogens is 338 g/mol. The van der Waals surface area contributed by atoms with Gasteiger partial charge in [-0.2, -0.15) is 16.4 Å². The van der Waals surface area contributed by atoms with E-state index in [0.717, 1.165) is 36.9 Å². The summed E-state index contributed by atoms with van der Waals surface area (Å²) in [6.07, 6.45) is 3.79. The van der Waals surface area contributed by atoms with Gasteiger partial charge in [-0.05, 0) is 43.2 Å². The molecule has 2 fully saturated rings.